The molecule has 1 aromatic carbocycles. The average molecular weight is 341 g/mol. The number of aliphatic hydroxyl groups excluding tert-OH is 1. The minimum atomic E-state index is -0.475. The monoisotopic (exact) mass is 341 g/mol. The summed E-state index contributed by atoms with van der Waals surface area (Å²) < 4.78 is 2.07. The molecule has 1 aliphatic rings. The number of hydrogen-bond donors (Lipinski definition) is 1. The van der Waals surface area contributed by atoms with Crippen molar-refractivity contribution < 1.29 is 9.90 Å². The Morgan fingerprint density at radius 1 is 1.04 bits per heavy atom. The second-order valence-electron chi connectivity index (χ2n) is 6.79. The lowest BCUT2D eigenvalue weighted by atomic mass is 10.1. The summed E-state index contributed by atoms with van der Waals surface area (Å²) in [5.74, 6) is 0.212. The molecule has 1 aliphatic heterocycles. The van der Waals surface area contributed by atoms with E-state index in [0.717, 1.165) is 31.7 Å². The van der Waals surface area contributed by atoms with Crippen LogP contribution in [0.3, 0.4) is 0 Å². The highest BCUT2D eigenvalue weighted by atomic mass is 16.3. The molecule has 1 aromatic heterocycles. The van der Waals surface area contributed by atoms with Gasteiger partial charge in [0.25, 0.3) is 0 Å². The Morgan fingerprint density at radius 2 is 1.68 bits per heavy atom. The van der Waals surface area contributed by atoms with E-state index in [9.17, 15) is 9.90 Å². The topological polar surface area (TPSA) is 48.7 Å². The number of piperazine rings is 1. The predicted octanol–water partition coefficient (Wildman–Crippen LogP) is 2.32. The molecule has 0 saturated carbocycles. The van der Waals surface area contributed by atoms with Crippen LogP contribution in [0.2, 0.25) is 0 Å². The van der Waals surface area contributed by atoms with Crippen LogP contribution in [0.25, 0.3) is 0 Å². The van der Waals surface area contributed by atoms with Crippen LogP contribution >= 0.6 is 0 Å². The molecule has 3 rings (SSSR count). The summed E-state index contributed by atoms with van der Waals surface area (Å²) in [6, 6.07) is 13.9. The number of carbonyl (C=O) groups is 1. The Bertz CT molecular complexity index is 649. The molecule has 1 amide bonds. The minimum Gasteiger partial charge on any atom is -0.387 e. The number of hydrogen-bond acceptors (Lipinski definition) is 3. The van der Waals surface area contributed by atoms with Crippen molar-refractivity contribution in [1.82, 2.24) is 14.4 Å². The first-order valence-electron chi connectivity index (χ1n) is 8.99. The molecule has 0 spiro atoms. The molecule has 0 unspecified atom stereocenters. The smallest absolute Gasteiger partial charge is 0.224 e. The normalized spacial score (nSPS) is 18.1. The number of benzene rings is 1. The molecule has 134 valence electrons. The summed E-state index contributed by atoms with van der Waals surface area (Å²) >= 11 is 0. The summed E-state index contributed by atoms with van der Waals surface area (Å²) in [5.41, 5.74) is 0.946. The molecule has 1 N–H and O–H groups in total. The van der Waals surface area contributed by atoms with Crippen LogP contribution in [0, 0.1) is 0 Å². The summed E-state index contributed by atoms with van der Waals surface area (Å²) in [4.78, 5) is 16.7. The predicted molar refractivity (Wildman–Crippen MR) is 98.2 cm³/mol. The zero-order valence-electron chi connectivity index (χ0n) is 14.8. The third-order valence-electron chi connectivity index (χ3n) is 4.95. The minimum absolute atomic E-state index is 0.181. The largest absolute Gasteiger partial charge is 0.387 e. The summed E-state index contributed by atoms with van der Waals surface area (Å²) in [7, 11) is 0. The van der Waals surface area contributed by atoms with Gasteiger partial charge < -0.3 is 14.6 Å². The quantitative estimate of drug-likeness (QED) is 0.877. The second kappa shape index (κ2) is 8.32. The van der Waals surface area contributed by atoms with Crippen molar-refractivity contribution in [2.24, 2.45) is 0 Å². The molecule has 0 radical (unpaired) electrons. The van der Waals surface area contributed by atoms with Gasteiger partial charge in [0.1, 0.15) is 0 Å². The molecule has 1 saturated heterocycles. The fourth-order valence-corrected chi connectivity index (χ4v) is 3.33. The Labute approximate surface area is 149 Å². The maximum atomic E-state index is 12.5. The lowest BCUT2D eigenvalue weighted by Crippen LogP contribution is -2.49. The lowest BCUT2D eigenvalue weighted by molar-refractivity contribution is -0.133. The van der Waals surface area contributed by atoms with E-state index in [1.165, 1.54) is 0 Å². The van der Waals surface area contributed by atoms with Crippen LogP contribution in [0.15, 0.2) is 54.9 Å². The summed E-state index contributed by atoms with van der Waals surface area (Å²) in [6.07, 6.45) is 4.06. The Kier molecular flexibility index (Phi) is 5.89. The molecule has 2 aromatic rings. The van der Waals surface area contributed by atoms with E-state index in [0.29, 0.717) is 13.0 Å². The van der Waals surface area contributed by atoms with Crippen molar-refractivity contribution >= 4 is 5.91 Å². The number of carbonyl (C=O) groups excluding carboxylic acids is 1. The maximum absolute atomic E-state index is 12.5. The van der Waals surface area contributed by atoms with Gasteiger partial charge >= 0.3 is 0 Å². The second-order valence-corrected chi connectivity index (χ2v) is 6.79. The zero-order valence-corrected chi connectivity index (χ0v) is 14.8. The van der Waals surface area contributed by atoms with E-state index in [1.807, 2.05) is 59.8 Å². The highest BCUT2D eigenvalue weighted by molar-refractivity contribution is 5.76. The van der Waals surface area contributed by atoms with Gasteiger partial charge in [-0.25, -0.2) is 0 Å². The molecule has 1 fully saturated rings. The zero-order chi connectivity index (χ0) is 17.6. The van der Waals surface area contributed by atoms with Crippen molar-refractivity contribution in [3.63, 3.8) is 0 Å². The van der Waals surface area contributed by atoms with E-state index >= 15 is 0 Å². The molecular weight excluding hydrogens is 314 g/mol. The number of nitrogens with zero attached hydrogens (tertiary/aromatic N) is 3. The van der Waals surface area contributed by atoms with Gasteiger partial charge in [0.05, 0.1) is 6.10 Å². The number of β-amino-alcohol motifs (C(OH)–C–C–N with tert-alkyl or cyclic N) is 1. The highest BCUT2D eigenvalue weighted by Gasteiger charge is 2.24. The molecular formula is C20H27N3O2. The van der Waals surface area contributed by atoms with Crippen LogP contribution in [0.1, 0.15) is 31.1 Å². The van der Waals surface area contributed by atoms with E-state index < -0.39 is 6.10 Å². The molecule has 25 heavy (non-hydrogen) atoms. The van der Waals surface area contributed by atoms with E-state index in [4.69, 9.17) is 0 Å². The summed E-state index contributed by atoms with van der Waals surface area (Å²) in [6.45, 7) is 5.79. The molecule has 2 atom stereocenters. The first kappa shape index (κ1) is 17.7. The fraction of sp³-hybridized carbons (Fsp3) is 0.450. The fourth-order valence-electron chi connectivity index (χ4n) is 3.33. The van der Waals surface area contributed by atoms with Crippen molar-refractivity contribution in [3.05, 3.63) is 60.4 Å². The Balaban J connectivity index is 1.44. The number of rotatable bonds is 6. The Hall–Kier alpha value is -2.11. The standard InChI is InChI=1S/C20H27N3O2/c1-17(22-9-5-6-10-22)15-20(25)23-13-11-21(12-14-23)16-19(24)18-7-3-2-4-8-18/h2-10,17,19,24H,11-16H2,1H3/t17-,19+/m1/s1. The van der Waals surface area contributed by atoms with Crippen molar-refractivity contribution in [3.8, 4) is 0 Å². The van der Waals surface area contributed by atoms with Gasteiger partial charge in [-0.15, -0.1) is 0 Å². The van der Waals surface area contributed by atoms with Gasteiger partial charge in [-0.05, 0) is 24.6 Å². The first-order valence-corrected chi connectivity index (χ1v) is 8.99. The third-order valence-corrected chi connectivity index (χ3v) is 4.95. The molecule has 0 aliphatic carbocycles. The van der Waals surface area contributed by atoms with Gasteiger partial charge in [0.15, 0.2) is 0 Å². The summed E-state index contributed by atoms with van der Waals surface area (Å²) in [5, 5.41) is 10.3. The maximum Gasteiger partial charge on any atom is 0.224 e. The van der Waals surface area contributed by atoms with E-state index in [1.54, 1.807) is 0 Å². The molecule has 5 nitrogen and oxygen atoms in total. The molecule has 5 heteroatoms. The number of amides is 1. The van der Waals surface area contributed by atoms with Gasteiger partial charge in [-0.1, -0.05) is 30.3 Å². The van der Waals surface area contributed by atoms with E-state index in [2.05, 4.69) is 16.4 Å². The first-order chi connectivity index (χ1) is 12.1. The average Bonchev–Trinajstić information content (AvgIpc) is 3.18. The van der Waals surface area contributed by atoms with Gasteiger partial charge in [0.2, 0.25) is 5.91 Å². The molecule has 2 heterocycles. The van der Waals surface area contributed by atoms with Crippen LogP contribution in [0.5, 0.6) is 0 Å². The SMILES string of the molecule is C[C@H](CC(=O)N1CCN(C[C@H](O)c2ccccc2)CC1)n1cccc1. The van der Waals surface area contributed by atoms with Crippen molar-refractivity contribution in [1.29, 1.82) is 0 Å². The van der Waals surface area contributed by atoms with Crippen LogP contribution in [0.4, 0.5) is 0 Å². The van der Waals surface area contributed by atoms with Gasteiger partial charge in [-0.2, -0.15) is 0 Å². The number of aromatic nitrogens is 1. The van der Waals surface area contributed by atoms with Gasteiger partial charge in [-0.3, -0.25) is 9.69 Å². The number of aliphatic hydroxyl groups is 1. The third kappa shape index (κ3) is 4.71. The van der Waals surface area contributed by atoms with Crippen LogP contribution in [-0.4, -0.2) is 58.1 Å². The van der Waals surface area contributed by atoms with Gasteiger partial charge in [0, 0.05) is 57.6 Å². The van der Waals surface area contributed by atoms with Crippen molar-refractivity contribution in [2.75, 3.05) is 32.7 Å². The van der Waals surface area contributed by atoms with Crippen LogP contribution in [-0.2, 0) is 4.79 Å². The van der Waals surface area contributed by atoms with E-state index in [-0.39, 0.29) is 11.9 Å². The van der Waals surface area contributed by atoms with Crippen LogP contribution < -0.4 is 0 Å². The van der Waals surface area contributed by atoms with Crippen molar-refractivity contribution in [2.45, 2.75) is 25.5 Å². The molecule has 0 bridgehead atoms. The highest BCUT2D eigenvalue weighted by Crippen LogP contribution is 2.17. The lowest BCUT2D eigenvalue weighted by Gasteiger charge is -2.36. The Morgan fingerprint density at radius 3 is 2.32 bits per heavy atom.